The quantitative estimate of drug-likeness (QED) is 0.844. The number of aryl methyl sites for hydroxylation is 1. The van der Waals surface area contributed by atoms with Gasteiger partial charge in [0.05, 0.1) is 11.9 Å². The van der Waals surface area contributed by atoms with Crippen molar-refractivity contribution >= 4 is 5.95 Å². The molecule has 2 aromatic heterocycles. The average molecular weight is 354 g/mol. The lowest BCUT2D eigenvalue weighted by molar-refractivity contribution is -0.141. The second-order valence-electron chi connectivity index (χ2n) is 5.94. The van der Waals surface area contributed by atoms with Crippen LogP contribution in [0.1, 0.15) is 19.5 Å². The number of anilines is 1. The highest BCUT2D eigenvalue weighted by molar-refractivity contribution is 5.59. The maximum atomic E-state index is 13.3. The predicted molar refractivity (Wildman–Crippen MR) is 88.3 cm³/mol. The summed E-state index contributed by atoms with van der Waals surface area (Å²) >= 11 is 0. The fourth-order valence-corrected chi connectivity index (χ4v) is 2.80. The van der Waals surface area contributed by atoms with E-state index in [-0.39, 0.29) is 11.6 Å². The second kappa shape index (κ2) is 6.99. The van der Waals surface area contributed by atoms with E-state index in [0.29, 0.717) is 25.2 Å². The van der Waals surface area contributed by atoms with Crippen LogP contribution < -0.4 is 4.90 Å². The smallest absolute Gasteiger partial charge is 0.338 e. The lowest BCUT2D eigenvalue weighted by Crippen LogP contribution is -2.46. The zero-order chi connectivity index (χ0) is 18.0. The zero-order valence-corrected chi connectivity index (χ0v) is 14.3. The van der Waals surface area contributed by atoms with Crippen molar-refractivity contribution in [2.45, 2.75) is 26.6 Å². The molecule has 0 aliphatic carbocycles. The van der Waals surface area contributed by atoms with Gasteiger partial charge in [0.2, 0.25) is 5.95 Å². The molecule has 25 heavy (non-hydrogen) atoms. The standard InChI is InChI=1S/C16H21F3N6/c1-3-23-5-7-24(8-6-23)15-21-13(9-14(22-15)16(17,18)19)12-10-20-25(4-2)11-12/h9-11H,3-8H2,1-2H3. The molecule has 1 saturated heterocycles. The van der Waals surface area contributed by atoms with Crippen molar-refractivity contribution in [3.8, 4) is 11.3 Å². The molecule has 1 fully saturated rings. The van der Waals surface area contributed by atoms with Crippen LogP contribution in [0.25, 0.3) is 11.3 Å². The van der Waals surface area contributed by atoms with Crippen LogP contribution in [0.3, 0.4) is 0 Å². The minimum absolute atomic E-state index is 0.129. The molecule has 0 N–H and O–H groups in total. The molecular weight excluding hydrogens is 333 g/mol. The summed E-state index contributed by atoms with van der Waals surface area (Å²) < 4.78 is 41.5. The Morgan fingerprint density at radius 2 is 1.76 bits per heavy atom. The van der Waals surface area contributed by atoms with Gasteiger partial charge in [-0.2, -0.15) is 18.3 Å². The molecule has 1 aliphatic rings. The van der Waals surface area contributed by atoms with Crippen LogP contribution >= 0.6 is 0 Å². The number of piperazine rings is 1. The fraction of sp³-hybridized carbons (Fsp3) is 0.562. The van der Waals surface area contributed by atoms with Crippen molar-refractivity contribution in [1.29, 1.82) is 0 Å². The van der Waals surface area contributed by atoms with Crippen molar-refractivity contribution in [3.63, 3.8) is 0 Å². The van der Waals surface area contributed by atoms with E-state index in [4.69, 9.17) is 0 Å². The summed E-state index contributed by atoms with van der Waals surface area (Å²) in [6, 6.07) is 0.989. The Morgan fingerprint density at radius 3 is 2.32 bits per heavy atom. The SMILES string of the molecule is CCN1CCN(c2nc(-c3cnn(CC)c3)cc(C(F)(F)F)n2)CC1. The molecule has 0 bridgehead atoms. The lowest BCUT2D eigenvalue weighted by atomic mass is 10.2. The van der Waals surface area contributed by atoms with Crippen molar-refractivity contribution in [2.75, 3.05) is 37.6 Å². The molecule has 3 heterocycles. The molecule has 6 nitrogen and oxygen atoms in total. The average Bonchev–Trinajstić information content (AvgIpc) is 3.10. The Balaban J connectivity index is 1.96. The second-order valence-corrected chi connectivity index (χ2v) is 5.94. The molecule has 1 aliphatic heterocycles. The minimum atomic E-state index is -4.52. The van der Waals surface area contributed by atoms with Crippen LogP contribution in [-0.4, -0.2) is 57.4 Å². The monoisotopic (exact) mass is 354 g/mol. The highest BCUT2D eigenvalue weighted by Gasteiger charge is 2.34. The Morgan fingerprint density at radius 1 is 1.04 bits per heavy atom. The van der Waals surface area contributed by atoms with Crippen molar-refractivity contribution < 1.29 is 13.2 Å². The molecule has 0 saturated carbocycles. The number of hydrogen-bond donors (Lipinski definition) is 0. The Kier molecular flexibility index (Phi) is 4.94. The molecule has 0 atom stereocenters. The molecule has 0 radical (unpaired) electrons. The van der Waals surface area contributed by atoms with Gasteiger partial charge in [-0.05, 0) is 19.5 Å². The van der Waals surface area contributed by atoms with Gasteiger partial charge < -0.3 is 9.80 Å². The van der Waals surface area contributed by atoms with Gasteiger partial charge in [0.15, 0.2) is 5.69 Å². The number of nitrogens with zero attached hydrogens (tertiary/aromatic N) is 6. The van der Waals surface area contributed by atoms with Gasteiger partial charge in [-0.3, -0.25) is 4.68 Å². The third kappa shape index (κ3) is 3.92. The van der Waals surface area contributed by atoms with Crippen LogP contribution in [0.15, 0.2) is 18.5 Å². The number of likely N-dealkylation sites (N-methyl/N-ethyl adjacent to an activating group) is 1. The minimum Gasteiger partial charge on any atom is -0.338 e. The summed E-state index contributed by atoms with van der Waals surface area (Å²) in [7, 11) is 0. The van der Waals surface area contributed by atoms with Gasteiger partial charge >= 0.3 is 6.18 Å². The highest BCUT2D eigenvalue weighted by atomic mass is 19.4. The summed E-state index contributed by atoms with van der Waals surface area (Å²) in [6.45, 7) is 8.36. The van der Waals surface area contributed by atoms with Gasteiger partial charge in [0.1, 0.15) is 0 Å². The van der Waals surface area contributed by atoms with E-state index in [2.05, 4.69) is 26.9 Å². The number of aromatic nitrogens is 4. The molecule has 2 aromatic rings. The topological polar surface area (TPSA) is 50.1 Å². The van der Waals surface area contributed by atoms with E-state index in [0.717, 1.165) is 25.7 Å². The van der Waals surface area contributed by atoms with E-state index in [1.807, 2.05) is 11.8 Å². The highest BCUT2D eigenvalue weighted by Crippen LogP contribution is 2.31. The van der Waals surface area contributed by atoms with Gasteiger partial charge in [-0.1, -0.05) is 6.92 Å². The Labute approximate surface area is 144 Å². The summed E-state index contributed by atoms with van der Waals surface area (Å²) in [4.78, 5) is 12.2. The fourth-order valence-electron chi connectivity index (χ4n) is 2.80. The summed E-state index contributed by atoms with van der Waals surface area (Å²) in [5.74, 6) is 0.129. The van der Waals surface area contributed by atoms with Crippen LogP contribution in [0, 0.1) is 0 Å². The number of halogens is 3. The first-order valence-corrected chi connectivity index (χ1v) is 8.37. The van der Waals surface area contributed by atoms with E-state index >= 15 is 0 Å². The van der Waals surface area contributed by atoms with E-state index in [1.54, 1.807) is 10.9 Å². The molecule has 0 unspecified atom stereocenters. The lowest BCUT2D eigenvalue weighted by Gasteiger charge is -2.34. The number of hydrogen-bond acceptors (Lipinski definition) is 5. The van der Waals surface area contributed by atoms with Gasteiger partial charge in [0.25, 0.3) is 0 Å². The molecular formula is C16H21F3N6. The molecule has 136 valence electrons. The van der Waals surface area contributed by atoms with Crippen LogP contribution in [0.5, 0.6) is 0 Å². The van der Waals surface area contributed by atoms with Crippen molar-refractivity contribution in [3.05, 3.63) is 24.2 Å². The molecule has 0 amide bonds. The van der Waals surface area contributed by atoms with E-state index in [1.165, 1.54) is 6.20 Å². The summed E-state index contributed by atoms with van der Waals surface area (Å²) in [5.41, 5.74) is -0.118. The molecule has 3 rings (SSSR count). The van der Waals surface area contributed by atoms with E-state index < -0.39 is 11.9 Å². The van der Waals surface area contributed by atoms with Crippen LogP contribution in [0.2, 0.25) is 0 Å². The van der Waals surface area contributed by atoms with Gasteiger partial charge in [0, 0.05) is 44.5 Å². The predicted octanol–water partition coefficient (Wildman–Crippen LogP) is 2.52. The van der Waals surface area contributed by atoms with Crippen LogP contribution in [-0.2, 0) is 12.7 Å². The maximum absolute atomic E-state index is 13.3. The van der Waals surface area contributed by atoms with Gasteiger partial charge in [-0.25, -0.2) is 9.97 Å². The summed E-state index contributed by atoms with van der Waals surface area (Å²) in [6.07, 6.45) is -1.29. The van der Waals surface area contributed by atoms with Crippen molar-refractivity contribution in [1.82, 2.24) is 24.6 Å². The largest absolute Gasteiger partial charge is 0.433 e. The first kappa shape index (κ1) is 17.7. The van der Waals surface area contributed by atoms with Gasteiger partial charge in [-0.15, -0.1) is 0 Å². The number of alkyl halides is 3. The third-order valence-electron chi connectivity index (χ3n) is 4.36. The summed E-state index contributed by atoms with van der Waals surface area (Å²) in [5, 5.41) is 4.12. The normalized spacial score (nSPS) is 16.4. The Bertz CT molecular complexity index is 719. The molecule has 0 spiro atoms. The first-order valence-electron chi connectivity index (χ1n) is 8.37. The number of rotatable bonds is 4. The first-order chi connectivity index (χ1) is 11.9. The van der Waals surface area contributed by atoms with Crippen LogP contribution in [0.4, 0.5) is 19.1 Å². The maximum Gasteiger partial charge on any atom is 0.433 e. The molecule has 0 aromatic carbocycles. The van der Waals surface area contributed by atoms with Crippen molar-refractivity contribution in [2.24, 2.45) is 0 Å². The zero-order valence-electron chi connectivity index (χ0n) is 14.3. The Hall–Kier alpha value is -2.16. The van der Waals surface area contributed by atoms with E-state index in [9.17, 15) is 13.2 Å². The third-order valence-corrected chi connectivity index (χ3v) is 4.36. The molecule has 9 heteroatoms.